The minimum atomic E-state index is 0.528. The summed E-state index contributed by atoms with van der Waals surface area (Å²) in [6.45, 7) is 10.2. The van der Waals surface area contributed by atoms with Crippen LogP contribution in [0.15, 0.2) is 41.9 Å². The van der Waals surface area contributed by atoms with Crippen molar-refractivity contribution in [3.8, 4) is 0 Å². The minimum Gasteiger partial charge on any atom is -0.496 e. The van der Waals surface area contributed by atoms with Crippen molar-refractivity contribution in [3.05, 3.63) is 59.4 Å². The van der Waals surface area contributed by atoms with E-state index in [1.807, 2.05) is 13.1 Å². The molecule has 0 atom stereocenters. The molecule has 4 heteroatoms. The lowest BCUT2D eigenvalue weighted by Crippen LogP contribution is -2.14. The normalized spacial score (nSPS) is 15.1. The van der Waals surface area contributed by atoms with Crippen LogP contribution in [-0.2, 0) is 11.2 Å². The van der Waals surface area contributed by atoms with Gasteiger partial charge in [0.1, 0.15) is 5.76 Å². The summed E-state index contributed by atoms with van der Waals surface area (Å²) < 4.78 is 5.00. The van der Waals surface area contributed by atoms with Crippen LogP contribution in [-0.4, -0.2) is 18.3 Å². The van der Waals surface area contributed by atoms with Gasteiger partial charge >= 0.3 is 0 Å². The van der Waals surface area contributed by atoms with Crippen LogP contribution < -0.4 is 5.32 Å². The van der Waals surface area contributed by atoms with Gasteiger partial charge in [0, 0.05) is 23.7 Å². The molecule has 0 aliphatic carbocycles. The number of nitrogens with zero attached hydrogens (tertiary/aromatic N) is 2. The summed E-state index contributed by atoms with van der Waals surface area (Å²) in [5, 5.41) is 3.41. The molecule has 0 saturated heterocycles. The van der Waals surface area contributed by atoms with Gasteiger partial charge in [0.05, 0.1) is 24.7 Å². The topological polar surface area (TPSA) is 46.5 Å². The van der Waals surface area contributed by atoms with Gasteiger partial charge in [-0.15, -0.1) is 0 Å². The second-order valence-corrected chi connectivity index (χ2v) is 6.67. The molecule has 0 amide bonds. The highest BCUT2D eigenvalue weighted by Crippen LogP contribution is 2.29. The third-order valence-corrected chi connectivity index (χ3v) is 4.44. The van der Waals surface area contributed by atoms with Crippen LogP contribution in [0.25, 0.3) is 17.3 Å². The lowest BCUT2D eigenvalue weighted by molar-refractivity contribution is 0.319. The van der Waals surface area contributed by atoms with E-state index in [4.69, 9.17) is 9.72 Å². The molecule has 1 aromatic heterocycles. The molecule has 144 valence electrons. The molecule has 0 radical (unpaired) electrons. The average Bonchev–Trinajstić information content (AvgIpc) is 2.68. The van der Waals surface area contributed by atoms with E-state index in [0.29, 0.717) is 5.76 Å². The first-order chi connectivity index (χ1) is 13.1. The fraction of sp³-hybridized carbons (Fsp3) is 0.391. The monoisotopic (exact) mass is 365 g/mol. The van der Waals surface area contributed by atoms with Crippen molar-refractivity contribution >= 4 is 23.6 Å². The molecule has 0 saturated carbocycles. The highest BCUT2D eigenvalue weighted by Gasteiger charge is 2.17. The Labute approximate surface area is 163 Å². The van der Waals surface area contributed by atoms with Gasteiger partial charge in [-0.1, -0.05) is 39.3 Å². The average molecular weight is 366 g/mol. The number of aromatic nitrogens is 1. The van der Waals surface area contributed by atoms with E-state index >= 15 is 0 Å². The summed E-state index contributed by atoms with van der Waals surface area (Å²) in [4.78, 5) is 9.24. The molecular weight excluding hydrogens is 334 g/mol. The third-order valence-electron chi connectivity index (χ3n) is 4.44. The third kappa shape index (κ3) is 5.68. The number of aliphatic imine (C=N–C) groups is 1. The Hall–Kier alpha value is -2.62. The molecule has 1 N–H and O–H groups in total. The number of aryl methyl sites for hydroxylation is 1. The molecule has 27 heavy (non-hydrogen) atoms. The molecule has 0 unspecified atom stereocenters. The molecule has 2 rings (SSSR count). The lowest BCUT2D eigenvalue weighted by Gasteiger charge is -2.21. The first-order valence-electron chi connectivity index (χ1n) is 9.71. The van der Waals surface area contributed by atoms with Crippen LogP contribution in [0, 0.1) is 0 Å². The maximum Gasteiger partial charge on any atom is 0.129 e. The molecule has 0 bridgehead atoms. The van der Waals surface area contributed by atoms with E-state index in [2.05, 4.69) is 49.0 Å². The molecule has 2 heterocycles. The van der Waals surface area contributed by atoms with Gasteiger partial charge < -0.3 is 10.1 Å². The van der Waals surface area contributed by atoms with Crippen molar-refractivity contribution in [1.82, 2.24) is 10.3 Å². The maximum absolute atomic E-state index is 5.00. The number of hydrogen-bond acceptors (Lipinski definition) is 4. The van der Waals surface area contributed by atoms with Gasteiger partial charge in [0.15, 0.2) is 0 Å². The van der Waals surface area contributed by atoms with Crippen LogP contribution in [0.2, 0.25) is 0 Å². The van der Waals surface area contributed by atoms with Crippen molar-refractivity contribution in [2.45, 2.75) is 52.9 Å². The van der Waals surface area contributed by atoms with Crippen molar-refractivity contribution in [3.63, 3.8) is 0 Å². The zero-order chi connectivity index (χ0) is 19.6. The fourth-order valence-corrected chi connectivity index (χ4v) is 2.94. The molecule has 1 aromatic rings. The number of allylic oxidation sites excluding steroid dienone is 3. The van der Waals surface area contributed by atoms with Crippen LogP contribution in [0.3, 0.4) is 0 Å². The van der Waals surface area contributed by atoms with E-state index < -0.39 is 0 Å². The second kappa shape index (κ2) is 10.5. The molecule has 0 spiro atoms. The predicted molar refractivity (Wildman–Crippen MR) is 116 cm³/mol. The van der Waals surface area contributed by atoms with E-state index in [0.717, 1.165) is 36.2 Å². The van der Waals surface area contributed by atoms with Crippen LogP contribution >= 0.6 is 0 Å². The maximum atomic E-state index is 5.00. The molecule has 0 fully saturated rings. The zero-order valence-corrected chi connectivity index (χ0v) is 17.0. The number of nitrogens with one attached hydrogen (secondary N) is 1. The molecule has 4 nitrogen and oxygen atoms in total. The number of fused-ring (bicyclic) bond motifs is 1. The van der Waals surface area contributed by atoms with E-state index in [1.165, 1.54) is 29.7 Å². The first kappa shape index (κ1) is 20.7. The van der Waals surface area contributed by atoms with Crippen molar-refractivity contribution in [1.29, 1.82) is 0 Å². The number of hydrogen-bond donors (Lipinski definition) is 1. The van der Waals surface area contributed by atoms with Gasteiger partial charge in [0.25, 0.3) is 0 Å². The zero-order valence-electron chi connectivity index (χ0n) is 17.0. The molecule has 0 aromatic carbocycles. The van der Waals surface area contributed by atoms with Gasteiger partial charge in [-0.3, -0.25) is 9.98 Å². The van der Waals surface area contributed by atoms with E-state index in [9.17, 15) is 0 Å². The number of methoxy groups -OCH3 is 1. The SMILES string of the molecule is C=C(C=N/C=C(\C)c1cc2c(c(CCC)n1)/C(=C/CCCC)NC=C2)OC. The standard InChI is InChI=1S/C23H31N3O/c1-6-8-9-11-20-23-19(12-13-25-20)14-22(26-21(23)10-7-2)17(3)15-24-16-18(4)27-5/h11-16,25H,4,6-10H2,1-3,5H3/b17-15+,20-11-,24-16?. The Morgan fingerprint density at radius 2 is 2.15 bits per heavy atom. The highest BCUT2D eigenvalue weighted by atomic mass is 16.5. The van der Waals surface area contributed by atoms with Gasteiger partial charge in [-0.05, 0) is 49.5 Å². The minimum absolute atomic E-state index is 0.528. The first-order valence-corrected chi connectivity index (χ1v) is 9.71. The Morgan fingerprint density at radius 1 is 1.33 bits per heavy atom. The van der Waals surface area contributed by atoms with Crippen molar-refractivity contribution in [2.24, 2.45) is 4.99 Å². The van der Waals surface area contributed by atoms with Gasteiger partial charge in [0.2, 0.25) is 0 Å². The highest BCUT2D eigenvalue weighted by molar-refractivity contribution is 5.81. The van der Waals surface area contributed by atoms with Gasteiger partial charge in [-0.2, -0.15) is 0 Å². The summed E-state index contributed by atoms with van der Waals surface area (Å²) in [6, 6.07) is 2.14. The summed E-state index contributed by atoms with van der Waals surface area (Å²) in [5.74, 6) is 0.528. The largest absolute Gasteiger partial charge is 0.496 e. The van der Waals surface area contributed by atoms with Crippen LogP contribution in [0.1, 0.15) is 69.0 Å². The molecule has 1 aliphatic heterocycles. The van der Waals surface area contributed by atoms with Crippen LogP contribution in [0.4, 0.5) is 0 Å². The number of ether oxygens (including phenoxy) is 1. The fourth-order valence-electron chi connectivity index (χ4n) is 2.94. The second-order valence-electron chi connectivity index (χ2n) is 6.67. The summed E-state index contributed by atoms with van der Waals surface area (Å²) >= 11 is 0. The van der Waals surface area contributed by atoms with Crippen molar-refractivity contribution < 1.29 is 4.74 Å². The quantitative estimate of drug-likeness (QED) is 0.345. The summed E-state index contributed by atoms with van der Waals surface area (Å²) in [7, 11) is 1.58. The molecular formula is C23H31N3O. The van der Waals surface area contributed by atoms with E-state index in [-0.39, 0.29) is 0 Å². The van der Waals surface area contributed by atoms with Gasteiger partial charge in [-0.25, -0.2) is 0 Å². The Kier molecular flexibility index (Phi) is 8.05. The summed E-state index contributed by atoms with van der Waals surface area (Å²) in [5.41, 5.74) is 6.74. The Morgan fingerprint density at radius 3 is 2.85 bits per heavy atom. The van der Waals surface area contributed by atoms with Crippen molar-refractivity contribution in [2.75, 3.05) is 7.11 Å². The lowest BCUT2D eigenvalue weighted by atomic mass is 9.95. The molecule has 1 aliphatic rings. The van der Waals surface area contributed by atoms with Crippen LogP contribution in [0.5, 0.6) is 0 Å². The Bertz CT molecular complexity index is 785. The van der Waals surface area contributed by atoms with E-state index in [1.54, 1.807) is 19.5 Å². The number of pyridine rings is 1. The number of unbranched alkanes of at least 4 members (excludes halogenated alkanes) is 2. The Balaban J connectivity index is 2.41. The smallest absolute Gasteiger partial charge is 0.129 e. The summed E-state index contributed by atoms with van der Waals surface area (Å²) in [6.07, 6.45) is 15.3. The number of rotatable bonds is 9. The predicted octanol–water partition coefficient (Wildman–Crippen LogP) is 5.73.